The molecule has 0 bridgehead atoms. The van der Waals surface area contributed by atoms with E-state index in [1.165, 1.54) is 22.3 Å². The Bertz CT molecular complexity index is 319. The molecule has 1 aliphatic rings. The standard InChI is InChI=1S/C11H12/c1-8-6-7-9(2)11-5-3-4-10(8)11/h3-4,6-7H,5H2,1-2H3. The van der Waals surface area contributed by atoms with Gasteiger partial charge in [0.25, 0.3) is 0 Å². The van der Waals surface area contributed by atoms with Crippen LogP contribution in [-0.2, 0) is 6.42 Å². The van der Waals surface area contributed by atoms with Crippen LogP contribution >= 0.6 is 0 Å². The van der Waals surface area contributed by atoms with Crippen LogP contribution in [0, 0.1) is 13.8 Å². The summed E-state index contributed by atoms with van der Waals surface area (Å²) in [6, 6.07) is 4.41. The fourth-order valence-corrected chi connectivity index (χ4v) is 1.69. The summed E-state index contributed by atoms with van der Waals surface area (Å²) < 4.78 is 0. The van der Waals surface area contributed by atoms with Crippen molar-refractivity contribution in [3.05, 3.63) is 40.5 Å². The van der Waals surface area contributed by atoms with Crippen LogP contribution in [-0.4, -0.2) is 0 Å². The highest BCUT2D eigenvalue weighted by molar-refractivity contribution is 5.64. The van der Waals surface area contributed by atoms with E-state index in [1.807, 2.05) is 0 Å². The first kappa shape index (κ1) is 6.66. The van der Waals surface area contributed by atoms with Gasteiger partial charge in [-0.25, -0.2) is 0 Å². The van der Waals surface area contributed by atoms with Crippen LogP contribution in [0.5, 0.6) is 0 Å². The molecule has 0 unspecified atom stereocenters. The van der Waals surface area contributed by atoms with Gasteiger partial charge in [0.2, 0.25) is 0 Å². The van der Waals surface area contributed by atoms with Crippen LogP contribution in [0.15, 0.2) is 18.2 Å². The van der Waals surface area contributed by atoms with E-state index in [4.69, 9.17) is 0 Å². The summed E-state index contributed by atoms with van der Waals surface area (Å²) in [6.45, 7) is 4.36. The molecule has 0 N–H and O–H groups in total. The average molecular weight is 144 g/mol. The fraction of sp³-hybridized carbons (Fsp3) is 0.273. The predicted molar refractivity (Wildman–Crippen MR) is 48.7 cm³/mol. The highest BCUT2D eigenvalue weighted by Gasteiger charge is 2.08. The maximum absolute atomic E-state index is 2.24. The minimum absolute atomic E-state index is 1.13. The van der Waals surface area contributed by atoms with Gasteiger partial charge < -0.3 is 0 Å². The van der Waals surface area contributed by atoms with Gasteiger partial charge in [-0.1, -0.05) is 24.3 Å². The summed E-state index contributed by atoms with van der Waals surface area (Å²) >= 11 is 0. The zero-order chi connectivity index (χ0) is 7.84. The van der Waals surface area contributed by atoms with Crippen LogP contribution < -0.4 is 0 Å². The van der Waals surface area contributed by atoms with Crippen LogP contribution in [0.3, 0.4) is 0 Å². The first-order chi connectivity index (χ1) is 5.29. The second-order valence-electron chi connectivity index (χ2n) is 3.20. The van der Waals surface area contributed by atoms with Gasteiger partial charge in [-0.2, -0.15) is 0 Å². The largest absolute Gasteiger partial charge is 0.0795 e. The van der Waals surface area contributed by atoms with Crippen molar-refractivity contribution >= 4 is 6.08 Å². The molecule has 1 aromatic rings. The Hall–Kier alpha value is -1.04. The number of aryl methyl sites for hydroxylation is 2. The third kappa shape index (κ3) is 0.900. The molecule has 0 saturated heterocycles. The van der Waals surface area contributed by atoms with Crippen molar-refractivity contribution in [3.63, 3.8) is 0 Å². The second kappa shape index (κ2) is 2.23. The quantitative estimate of drug-likeness (QED) is 0.525. The first-order valence-electron chi connectivity index (χ1n) is 4.04. The molecular weight excluding hydrogens is 132 g/mol. The fourth-order valence-electron chi connectivity index (χ4n) is 1.69. The van der Waals surface area contributed by atoms with E-state index in [2.05, 4.69) is 38.1 Å². The molecule has 0 nitrogen and oxygen atoms in total. The Labute approximate surface area is 67.6 Å². The number of benzene rings is 1. The third-order valence-electron chi connectivity index (χ3n) is 2.42. The number of fused-ring (bicyclic) bond motifs is 1. The summed E-state index contributed by atoms with van der Waals surface area (Å²) in [5, 5.41) is 0. The van der Waals surface area contributed by atoms with Gasteiger partial charge in [-0.15, -0.1) is 0 Å². The van der Waals surface area contributed by atoms with Crippen LogP contribution in [0.25, 0.3) is 6.08 Å². The molecule has 0 spiro atoms. The molecule has 2 rings (SSSR count). The van der Waals surface area contributed by atoms with E-state index in [0.717, 1.165) is 6.42 Å². The van der Waals surface area contributed by atoms with E-state index in [0.29, 0.717) is 0 Å². The second-order valence-corrected chi connectivity index (χ2v) is 3.20. The van der Waals surface area contributed by atoms with Crippen LogP contribution in [0.2, 0.25) is 0 Å². The molecule has 1 aromatic carbocycles. The zero-order valence-electron chi connectivity index (χ0n) is 7.02. The summed E-state index contributed by atoms with van der Waals surface area (Å²) in [7, 11) is 0. The Morgan fingerprint density at radius 3 is 2.55 bits per heavy atom. The number of hydrogen-bond acceptors (Lipinski definition) is 0. The van der Waals surface area contributed by atoms with Crippen molar-refractivity contribution in [3.8, 4) is 0 Å². The molecular formula is C11H12. The topological polar surface area (TPSA) is 0 Å². The molecule has 56 valence electrons. The van der Waals surface area contributed by atoms with Gasteiger partial charge in [0.1, 0.15) is 0 Å². The number of rotatable bonds is 0. The van der Waals surface area contributed by atoms with Gasteiger partial charge >= 0.3 is 0 Å². The van der Waals surface area contributed by atoms with Crippen molar-refractivity contribution in [2.45, 2.75) is 20.3 Å². The minimum atomic E-state index is 1.13. The van der Waals surface area contributed by atoms with Crippen molar-refractivity contribution in [2.24, 2.45) is 0 Å². The van der Waals surface area contributed by atoms with Crippen molar-refractivity contribution in [1.82, 2.24) is 0 Å². The smallest absolute Gasteiger partial charge is 0.00854 e. The van der Waals surface area contributed by atoms with Crippen LogP contribution in [0.4, 0.5) is 0 Å². The summed E-state index contributed by atoms with van der Waals surface area (Å²) in [6.07, 6.45) is 5.60. The summed E-state index contributed by atoms with van der Waals surface area (Å²) in [4.78, 5) is 0. The Balaban J connectivity index is 2.71. The first-order valence-corrected chi connectivity index (χ1v) is 4.04. The summed E-state index contributed by atoms with van der Waals surface area (Å²) in [5.41, 5.74) is 5.80. The molecule has 11 heavy (non-hydrogen) atoms. The van der Waals surface area contributed by atoms with Gasteiger partial charge in [0, 0.05) is 0 Å². The molecule has 0 saturated carbocycles. The lowest BCUT2D eigenvalue weighted by atomic mass is 10.00. The average Bonchev–Trinajstić information content (AvgIpc) is 2.45. The highest BCUT2D eigenvalue weighted by atomic mass is 14.1. The predicted octanol–water partition coefficient (Wildman–Crippen LogP) is 2.87. The minimum Gasteiger partial charge on any atom is -0.0795 e. The Kier molecular flexibility index (Phi) is 1.35. The van der Waals surface area contributed by atoms with Crippen molar-refractivity contribution in [1.29, 1.82) is 0 Å². The molecule has 0 amide bonds. The van der Waals surface area contributed by atoms with Gasteiger partial charge in [0.05, 0.1) is 0 Å². The lowest BCUT2D eigenvalue weighted by Crippen LogP contribution is -1.89. The maximum atomic E-state index is 2.24. The molecule has 1 aliphatic carbocycles. The molecule has 0 heteroatoms. The normalized spacial score (nSPS) is 13.6. The monoisotopic (exact) mass is 144 g/mol. The van der Waals surface area contributed by atoms with Crippen LogP contribution in [0.1, 0.15) is 22.3 Å². The van der Waals surface area contributed by atoms with E-state index in [9.17, 15) is 0 Å². The maximum Gasteiger partial charge on any atom is -0.00854 e. The van der Waals surface area contributed by atoms with Crippen molar-refractivity contribution in [2.75, 3.05) is 0 Å². The summed E-state index contributed by atoms with van der Waals surface area (Å²) in [5.74, 6) is 0. The van der Waals surface area contributed by atoms with E-state index < -0.39 is 0 Å². The highest BCUT2D eigenvalue weighted by Crippen LogP contribution is 2.25. The third-order valence-corrected chi connectivity index (χ3v) is 2.42. The lowest BCUT2D eigenvalue weighted by Gasteiger charge is -2.05. The molecule has 0 fully saturated rings. The number of allylic oxidation sites excluding steroid dienone is 1. The Morgan fingerprint density at radius 1 is 1.09 bits per heavy atom. The molecule has 0 aromatic heterocycles. The molecule has 0 radical (unpaired) electrons. The van der Waals surface area contributed by atoms with Gasteiger partial charge in [-0.05, 0) is 42.5 Å². The van der Waals surface area contributed by atoms with Gasteiger partial charge in [-0.3, -0.25) is 0 Å². The van der Waals surface area contributed by atoms with E-state index >= 15 is 0 Å². The Morgan fingerprint density at radius 2 is 1.82 bits per heavy atom. The van der Waals surface area contributed by atoms with E-state index in [1.54, 1.807) is 0 Å². The van der Waals surface area contributed by atoms with Crippen molar-refractivity contribution < 1.29 is 0 Å². The lowest BCUT2D eigenvalue weighted by molar-refractivity contribution is 1.22. The van der Waals surface area contributed by atoms with E-state index in [-0.39, 0.29) is 0 Å². The zero-order valence-corrected chi connectivity index (χ0v) is 7.02. The SMILES string of the molecule is Cc1ccc(C)c2c1C=CC2. The molecule has 0 aliphatic heterocycles. The van der Waals surface area contributed by atoms with Gasteiger partial charge in [0.15, 0.2) is 0 Å². The number of hydrogen-bond donors (Lipinski definition) is 0. The molecule has 0 atom stereocenters. The molecule has 0 heterocycles.